The molecule has 9 nitrogen and oxygen atoms in total. The molecule has 10 heteroatoms. The molecule has 2 N–H and O–H groups in total. The molecule has 2 atom stereocenters. The molecule has 1 saturated heterocycles. The van der Waals surface area contributed by atoms with Gasteiger partial charge in [-0.1, -0.05) is 0 Å². The number of amides is 1. The van der Waals surface area contributed by atoms with Gasteiger partial charge >= 0.3 is 11.8 Å². The number of nitrogens with zero attached hydrogens (tertiary/aromatic N) is 3. The lowest BCUT2D eigenvalue weighted by Gasteiger charge is -2.25. The smallest absolute Gasteiger partial charge is 0.407 e. The Bertz CT molecular complexity index is 1130. The molecule has 2 fully saturated rings. The number of nitrogens with one attached hydrogen (secondary N) is 2. The molecular weight excluding hydrogens is 405 g/mol. The Morgan fingerprint density at radius 1 is 1.32 bits per heavy atom. The van der Waals surface area contributed by atoms with Crippen LogP contribution in [0, 0.1) is 11.7 Å². The lowest BCUT2D eigenvalue weighted by molar-refractivity contribution is 0.0494. The maximum absolute atomic E-state index is 14.9. The number of ether oxygens (including phenoxy) is 1. The summed E-state index contributed by atoms with van der Waals surface area (Å²) in [6.45, 7) is 8.34. The molecular formula is C21H28FN5O4. The molecule has 1 aliphatic carbocycles. The van der Waals surface area contributed by atoms with Crippen LogP contribution in [0.15, 0.2) is 15.7 Å². The number of carbonyl (C=O) groups is 1. The van der Waals surface area contributed by atoms with Crippen molar-refractivity contribution < 1.29 is 13.9 Å². The molecule has 1 aliphatic heterocycles. The number of hydrogen-bond donors (Lipinski definition) is 2. The maximum atomic E-state index is 14.9. The van der Waals surface area contributed by atoms with E-state index in [0.717, 1.165) is 25.3 Å². The summed E-state index contributed by atoms with van der Waals surface area (Å²) in [6.07, 6.45) is 1.91. The number of carbonyl (C=O) groups excluding carboxylic acids is 1. The minimum atomic E-state index is -0.635. The number of halogens is 1. The Kier molecular flexibility index (Phi) is 5.26. The van der Waals surface area contributed by atoms with E-state index < -0.39 is 28.8 Å². The Morgan fingerprint density at radius 3 is 2.68 bits per heavy atom. The van der Waals surface area contributed by atoms with Crippen molar-refractivity contribution in [2.75, 3.05) is 18.0 Å². The van der Waals surface area contributed by atoms with E-state index in [1.807, 2.05) is 6.92 Å². The second-order valence-corrected chi connectivity index (χ2v) is 9.46. The number of hydrogen-bond acceptors (Lipinski definition) is 6. The minimum absolute atomic E-state index is 0.0120. The van der Waals surface area contributed by atoms with Crippen LogP contribution in [0.3, 0.4) is 0 Å². The van der Waals surface area contributed by atoms with Crippen molar-refractivity contribution in [1.82, 2.24) is 19.9 Å². The van der Waals surface area contributed by atoms with Crippen molar-refractivity contribution in [1.29, 1.82) is 0 Å². The Balaban J connectivity index is 1.56. The molecule has 1 amide bonds. The average molecular weight is 433 g/mol. The summed E-state index contributed by atoms with van der Waals surface area (Å²) in [5.41, 5.74) is -1.52. The van der Waals surface area contributed by atoms with Gasteiger partial charge in [-0.15, -0.1) is 0 Å². The number of alkyl carbamates (subject to hydrolysis) is 1. The van der Waals surface area contributed by atoms with Gasteiger partial charge in [-0.2, -0.15) is 0 Å². The van der Waals surface area contributed by atoms with Crippen molar-refractivity contribution in [2.45, 2.75) is 64.6 Å². The summed E-state index contributed by atoms with van der Waals surface area (Å²) in [5.74, 6) is -0.402. The first kappa shape index (κ1) is 21.3. The van der Waals surface area contributed by atoms with Gasteiger partial charge in [-0.25, -0.2) is 19.0 Å². The Labute approximate surface area is 178 Å². The van der Waals surface area contributed by atoms with Crippen molar-refractivity contribution in [2.24, 2.45) is 5.92 Å². The fourth-order valence-corrected chi connectivity index (χ4v) is 4.03. The first-order valence-electron chi connectivity index (χ1n) is 10.6. The first-order chi connectivity index (χ1) is 14.5. The van der Waals surface area contributed by atoms with Gasteiger partial charge in [0.25, 0.3) is 5.56 Å². The quantitative estimate of drug-likeness (QED) is 0.766. The fourth-order valence-electron chi connectivity index (χ4n) is 4.03. The second-order valence-electron chi connectivity index (χ2n) is 9.46. The monoisotopic (exact) mass is 433 g/mol. The van der Waals surface area contributed by atoms with Gasteiger partial charge < -0.3 is 15.0 Å². The van der Waals surface area contributed by atoms with Crippen LogP contribution in [0.25, 0.3) is 11.0 Å². The van der Waals surface area contributed by atoms with Crippen molar-refractivity contribution in [3.63, 3.8) is 0 Å². The van der Waals surface area contributed by atoms with Crippen molar-refractivity contribution in [3.05, 3.63) is 32.7 Å². The second kappa shape index (κ2) is 7.65. The highest BCUT2D eigenvalue weighted by molar-refractivity contribution is 5.76. The number of fused-ring (bicyclic) bond motifs is 1. The van der Waals surface area contributed by atoms with Gasteiger partial charge in [0, 0.05) is 25.2 Å². The Hall–Kier alpha value is -2.91. The summed E-state index contributed by atoms with van der Waals surface area (Å²) in [6, 6.07) is 0.975. The van der Waals surface area contributed by atoms with E-state index in [0.29, 0.717) is 13.1 Å². The predicted octanol–water partition coefficient (Wildman–Crippen LogP) is 2.30. The Morgan fingerprint density at radius 2 is 2.03 bits per heavy atom. The molecule has 0 radical (unpaired) electrons. The molecule has 2 aromatic rings. The lowest BCUT2D eigenvalue weighted by atomic mass is 10.0. The van der Waals surface area contributed by atoms with E-state index in [2.05, 4.69) is 15.3 Å². The van der Waals surface area contributed by atoms with Crippen LogP contribution in [0.1, 0.15) is 53.0 Å². The van der Waals surface area contributed by atoms with Crippen LogP contribution in [-0.4, -0.2) is 45.4 Å². The molecule has 2 aliphatic rings. The number of anilines is 1. The third-order valence-corrected chi connectivity index (χ3v) is 5.74. The van der Waals surface area contributed by atoms with Crippen LogP contribution < -0.4 is 21.5 Å². The summed E-state index contributed by atoms with van der Waals surface area (Å²) in [4.78, 5) is 45.0. The van der Waals surface area contributed by atoms with E-state index in [4.69, 9.17) is 4.74 Å². The zero-order chi connectivity index (χ0) is 22.5. The van der Waals surface area contributed by atoms with Crippen LogP contribution in [0.2, 0.25) is 0 Å². The van der Waals surface area contributed by atoms with Crippen molar-refractivity contribution >= 4 is 22.9 Å². The molecule has 4 rings (SSSR count). The molecule has 1 saturated carbocycles. The van der Waals surface area contributed by atoms with Crippen LogP contribution in [0.4, 0.5) is 15.0 Å². The highest BCUT2D eigenvalue weighted by Crippen LogP contribution is 2.36. The molecule has 31 heavy (non-hydrogen) atoms. The number of H-pyrrole nitrogens is 1. The van der Waals surface area contributed by atoms with Gasteiger partial charge in [-0.05, 0) is 58.9 Å². The summed E-state index contributed by atoms with van der Waals surface area (Å²) in [7, 11) is 0. The largest absolute Gasteiger partial charge is 0.444 e. The van der Waals surface area contributed by atoms with Gasteiger partial charge in [-0.3, -0.25) is 14.3 Å². The summed E-state index contributed by atoms with van der Waals surface area (Å²) >= 11 is 0. The predicted molar refractivity (Wildman–Crippen MR) is 114 cm³/mol. The molecule has 2 aromatic heterocycles. The maximum Gasteiger partial charge on any atom is 0.407 e. The number of rotatable bonds is 4. The highest BCUT2D eigenvalue weighted by Gasteiger charge is 2.33. The zero-order valence-electron chi connectivity index (χ0n) is 18.2. The van der Waals surface area contributed by atoms with E-state index in [1.165, 1.54) is 4.57 Å². The van der Waals surface area contributed by atoms with E-state index >= 15 is 0 Å². The van der Waals surface area contributed by atoms with Crippen molar-refractivity contribution in [3.8, 4) is 0 Å². The lowest BCUT2D eigenvalue weighted by Crippen LogP contribution is -2.42. The topological polar surface area (TPSA) is 109 Å². The van der Waals surface area contributed by atoms with E-state index in [9.17, 15) is 18.8 Å². The van der Waals surface area contributed by atoms with Gasteiger partial charge in [0.05, 0.1) is 5.39 Å². The third-order valence-electron chi connectivity index (χ3n) is 5.74. The van der Waals surface area contributed by atoms with Crippen LogP contribution in [0.5, 0.6) is 0 Å². The minimum Gasteiger partial charge on any atom is -0.444 e. The SMILES string of the molecule is C[C@H](NC(=O)OC(C)(C)C)C1CCN(c2nc3c(cc2F)c(=O)[nH]c(=O)n3C2CC2)C1. The van der Waals surface area contributed by atoms with Crippen LogP contribution >= 0.6 is 0 Å². The summed E-state index contributed by atoms with van der Waals surface area (Å²) in [5, 5.41) is 2.92. The molecule has 1 unspecified atom stereocenters. The summed E-state index contributed by atoms with van der Waals surface area (Å²) < 4.78 is 21.7. The van der Waals surface area contributed by atoms with Gasteiger partial charge in [0.15, 0.2) is 17.3 Å². The number of aromatic amines is 1. The standard InChI is InChI=1S/C21H28FN5O4/c1-11(23-20(30)31-21(2,3)4)12-7-8-26(10-12)17-15(22)9-14-16(24-17)27(13-5-6-13)19(29)25-18(14)28/h9,11-13H,5-8,10H2,1-4H3,(H,23,30)(H,25,28,29)/t11-,12?/m0/s1. The third kappa shape index (κ3) is 4.42. The molecule has 0 bridgehead atoms. The number of pyridine rings is 1. The van der Waals surface area contributed by atoms with Gasteiger partial charge in [0.2, 0.25) is 0 Å². The normalized spacial score (nSPS) is 20.2. The van der Waals surface area contributed by atoms with Gasteiger partial charge in [0.1, 0.15) is 5.60 Å². The first-order valence-corrected chi connectivity index (χ1v) is 10.6. The molecule has 168 valence electrons. The van der Waals surface area contributed by atoms with E-state index in [-0.39, 0.29) is 34.9 Å². The fraction of sp³-hybridized carbons (Fsp3) is 0.619. The molecule has 3 heterocycles. The van der Waals surface area contributed by atoms with E-state index in [1.54, 1.807) is 25.7 Å². The molecule has 0 spiro atoms. The zero-order valence-corrected chi connectivity index (χ0v) is 18.2. The highest BCUT2D eigenvalue weighted by atomic mass is 19.1. The molecule has 0 aromatic carbocycles. The average Bonchev–Trinajstić information content (AvgIpc) is 3.35. The number of aromatic nitrogens is 3. The van der Waals surface area contributed by atoms with Crippen LogP contribution in [-0.2, 0) is 4.74 Å².